The Morgan fingerprint density at radius 2 is 2.22 bits per heavy atom. The Morgan fingerprint density at radius 1 is 1.50 bits per heavy atom. The third kappa shape index (κ3) is 3.00. The minimum atomic E-state index is -0.262. The fraction of sp³-hybridized carbons (Fsp3) is 0.500. The highest BCUT2D eigenvalue weighted by Gasteiger charge is 2.31. The van der Waals surface area contributed by atoms with Crippen LogP contribution in [0.2, 0.25) is 0 Å². The zero-order chi connectivity index (χ0) is 13.1. The zero-order valence-electron chi connectivity index (χ0n) is 10.8. The molecule has 0 aliphatic heterocycles. The molecule has 0 heterocycles. The van der Waals surface area contributed by atoms with Gasteiger partial charge in [0.1, 0.15) is 11.6 Å². The van der Waals surface area contributed by atoms with Crippen LogP contribution in [-0.4, -0.2) is 30.0 Å². The second kappa shape index (κ2) is 5.38. The van der Waals surface area contributed by atoms with E-state index in [-0.39, 0.29) is 18.3 Å². The predicted molar refractivity (Wildman–Crippen MR) is 67.0 cm³/mol. The number of hydrogen-bond acceptors (Lipinski definition) is 2. The summed E-state index contributed by atoms with van der Waals surface area (Å²) in [5, 5.41) is 0. The summed E-state index contributed by atoms with van der Waals surface area (Å²) in [7, 11) is 0. The van der Waals surface area contributed by atoms with Gasteiger partial charge in [-0.15, -0.1) is 0 Å². The molecule has 0 unspecified atom stereocenters. The van der Waals surface area contributed by atoms with Crippen molar-refractivity contribution >= 4 is 5.91 Å². The molecular formula is C14H18FNO2. The number of hydrogen-bond donors (Lipinski definition) is 0. The summed E-state index contributed by atoms with van der Waals surface area (Å²) in [5.41, 5.74) is 0.523. The van der Waals surface area contributed by atoms with E-state index in [1.54, 1.807) is 19.1 Å². The molecule has 1 aromatic rings. The molecule has 1 aliphatic rings. The van der Waals surface area contributed by atoms with Crippen molar-refractivity contribution in [2.24, 2.45) is 0 Å². The van der Waals surface area contributed by atoms with Gasteiger partial charge in [0.05, 0.1) is 0 Å². The van der Waals surface area contributed by atoms with Crippen molar-refractivity contribution in [3.05, 3.63) is 29.6 Å². The van der Waals surface area contributed by atoms with Crippen molar-refractivity contribution in [2.75, 3.05) is 13.2 Å². The standard InChI is InChI=1S/C14H18FNO2/c1-3-16(11-4-5-11)14(17)9-18-12-6-7-13(15)10(2)8-12/h6-8,11H,3-5,9H2,1-2H3. The maximum atomic E-state index is 13.1. The molecule has 1 aliphatic carbocycles. The lowest BCUT2D eigenvalue weighted by molar-refractivity contribution is -0.133. The van der Waals surface area contributed by atoms with Crippen LogP contribution in [0.3, 0.4) is 0 Å². The van der Waals surface area contributed by atoms with Gasteiger partial charge in [0.25, 0.3) is 5.91 Å². The molecule has 0 atom stereocenters. The minimum Gasteiger partial charge on any atom is -0.484 e. The first kappa shape index (κ1) is 12.9. The Bertz CT molecular complexity index is 443. The lowest BCUT2D eigenvalue weighted by atomic mass is 10.2. The molecule has 1 amide bonds. The Labute approximate surface area is 107 Å². The summed E-state index contributed by atoms with van der Waals surface area (Å²) in [5.74, 6) is 0.276. The SMILES string of the molecule is CCN(C(=O)COc1ccc(F)c(C)c1)C1CC1. The molecule has 98 valence electrons. The molecule has 1 aromatic carbocycles. The van der Waals surface area contributed by atoms with Crippen LogP contribution in [0.15, 0.2) is 18.2 Å². The fourth-order valence-corrected chi connectivity index (χ4v) is 1.96. The van der Waals surface area contributed by atoms with Gasteiger partial charge in [-0.3, -0.25) is 4.79 Å². The molecular weight excluding hydrogens is 233 g/mol. The molecule has 18 heavy (non-hydrogen) atoms. The van der Waals surface area contributed by atoms with Crippen LogP contribution < -0.4 is 4.74 Å². The summed E-state index contributed by atoms with van der Waals surface area (Å²) in [6.07, 6.45) is 2.18. The first-order valence-corrected chi connectivity index (χ1v) is 6.30. The summed E-state index contributed by atoms with van der Waals surface area (Å²) in [6.45, 7) is 4.38. The van der Waals surface area contributed by atoms with Crippen LogP contribution in [0.1, 0.15) is 25.3 Å². The van der Waals surface area contributed by atoms with Crippen LogP contribution in [-0.2, 0) is 4.79 Å². The third-order valence-electron chi connectivity index (χ3n) is 3.14. The largest absolute Gasteiger partial charge is 0.484 e. The molecule has 0 bridgehead atoms. The number of carbonyl (C=O) groups excluding carboxylic acids is 1. The maximum absolute atomic E-state index is 13.1. The molecule has 0 radical (unpaired) electrons. The van der Waals surface area contributed by atoms with Crippen molar-refractivity contribution in [1.82, 2.24) is 4.90 Å². The smallest absolute Gasteiger partial charge is 0.260 e. The number of nitrogens with zero attached hydrogens (tertiary/aromatic N) is 1. The molecule has 0 spiro atoms. The van der Waals surface area contributed by atoms with E-state index in [9.17, 15) is 9.18 Å². The molecule has 4 heteroatoms. The normalized spacial score (nSPS) is 14.4. The van der Waals surface area contributed by atoms with Crippen LogP contribution in [0, 0.1) is 12.7 Å². The van der Waals surface area contributed by atoms with E-state index in [2.05, 4.69) is 0 Å². The van der Waals surface area contributed by atoms with Crippen LogP contribution in [0.4, 0.5) is 4.39 Å². The lowest BCUT2D eigenvalue weighted by Gasteiger charge is -2.20. The lowest BCUT2D eigenvalue weighted by Crippen LogP contribution is -2.36. The number of aryl methyl sites for hydroxylation is 1. The number of carbonyl (C=O) groups is 1. The number of benzene rings is 1. The van der Waals surface area contributed by atoms with E-state index in [0.717, 1.165) is 19.4 Å². The molecule has 2 rings (SSSR count). The van der Waals surface area contributed by atoms with Crippen LogP contribution in [0.5, 0.6) is 5.75 Å². The third-order valence-corrected chi connectivity index (χ3v) is 3.14. The maximum Gasteiger partial charge on any atom is 0.260 e. The van der Waals surface area contributed by atoms with Gasteiger partial charge < -0.3 is 9.64 Å². The molecule has 1 saturated carbocycles. The topological polar surface area (TPSA) is 29.5 Å². The Morgan fingerprint density at radius 3 is 2.78 bits per heavy atom. The summed E-state index contributed by atoms with van der Waals surface area (Å²) in [4.78, 5) is 13.8. The van der Waals surface area contributed by atoms with Crippen molar-refractivity contribution in [3.63, 3.8) is 0 Å². The van der Waals surface area contributed by atoms with E-state index in [1.807, 2.05) is 11.8 Å². The van der Waals surface area contributed by atoms with Gasteiger partial charge in [0, 0.05) is 12.6 Å². The monoisotopic (exact) mass is 251 g/mol. The average molecular weight is 251 g/mol. The summed E-state index contributed by atoms with van der Waals surface area (Å²) < 4.78 is 18.5. The van der Waals surface area contributed by atoms with E-state index < -0.39 is 0 Å². The Hall–Kier alpha value is -1.58. The van der Waals surface area contributed by atoms with Crippen LogP contribution >= 0.6 is 0 Å². The van der Waals surface area contributed by atoms with Gasteiger partial charge in [-0.05, 0) is 50.5 Å². The summed E-state index contributed by atoms with van der Waals surface area (Å²) in [6, 6.07) is 4.91. The zero-order valence-corrected chi connectivity index (χ0v) is 10.8. The average Bonchev–Trinajstić information content (AvgIpc) is 3.16. The van der Waals surface area contributed by atoms with E-state index in [4.69, 9.17) is 4.74 Å². The van der Waals surface area contributed by atoms with Gasteiger partial charge in [0.15, 0.2) is 6.61 Å². The second-order valence-corrected chi connectivity index (χ2v) is 4.61. The van der Waals surface area contributed by atoms with Crippen LogP contribution in [0.25, 0.3) is 0 Å². The molecule has 3 nitrogen and oxygen atoms in total. The van der Waals surface area contributed by atoms with Crippen molar-refractivity contribution in [1.29, 1.82) is 0 Å². The van der Waals surface area contributed by atoms with Gasteiger partial charge in [-0.2, -0.15) is 0 Å². The van der Waals surface area contributed by atoms with E-state index in [1.165, 1.54) is 6.07 Å². The highest BCUT2D eigenvalue weighted by atomic mass is 19.1. The predicted octanol–water partition coefficient (Wildman–Crippen LogP) is 2.52. The minimum absolute atomic E-state index is 0.00183. The Kier molecular flexibility index (Phi) is 3.84. The molecule has 0 N–H and O–H groups in total. The van der Waals surface area contributed by atoms with E-state index >= 15 is 0 Å². The van der Waals surface area contributed by atoms with Gasteiger partial charge >= 0.3 is 0 Å². The summed E-state index contributed by atoms with van der Waals surface area (Å²) >= 11 is 0. The first-order valence-electron chi connectivity index (χ1n) is 6.30. The van der Waals surface area contributed by atoms with E-state index in [0.29, 0.717) is 17.4 Å². The number of halogens is 1. The van der Waals surface area contributed by atoms with Crippen molar-refractivity contribution < 1.29 is 13.9 Å². The fourth-order valence-electron chi connectivity index (χ4n) is 1.96. The highest BCUT2D eigenvalue weighted by Crippen LogP contribution is 2.26. The molecule has 0 aromatic heterocycles. The quantitative estimate of drug-likeness (QED) is 0.804. The number of ether oxygens (including phenoxy) is 1. The van der Waals surface area contributed by atoms with Gasteiger partial charge in [0.2, 0.25) is 0 Å². The first-order chi connectivity index (χ1) is 8.61. The number of amides is 1. The van der Waals surface area contributed by atoms with Crippen molar-refractivity contribution in [3.8, 4) is 5.75 Å². The number of likely N-dealkylation sites (N-methyl/N-ethyl adjacent to an activating group) is 1. The highest BCUT2D eigenvalue weighted by molar-refractivity contribution is 5.78. The van der Waals surface area contributed by atoms with Crippen molar-refractivity contribution in [2.45, 2.75) is 32.7 Å². The molecule has 0 saturated heterocycles. The molecule has 1 fully saturated rings. The second-order valence-electron chi connectivity index (χ2n) is 4.61. The number of rotatable bonds is 5. The van der Waals surface area contributed by atoms with Gasteiger partial charge in [-0.25, -0.2) is 4.39 Å². The van der Waals surface area contributed by atoms with Gasteiger partial charge in [-0.1, -0.05) is 0 Å². The Balaban J connectivity index is 1.90.